The number of hydrogen-bond acceptors (Lipinski definition) is 6. The number of fused-ring (bicyclic) bond motifs is 7. The van der Waals surface area contributed by atoms with E-state index in [1.54, 1.807) is 7.11 Å². The van der Waals surface area contributed by atoms with Crippen LogP contribution in [0.5, 0.6) is 0 Å². The maximum Gasteiger partial charge on any atom is 0.309 e. The summed E-state index contributed by atoms with van der Waals surface area (Å²) in [5.74, 6) is 1.43. The van der Waals surface area contributed by atoms with Gasteiger partial charge in [0.05, 0.1) is 36.6 Å². The fourth-order valence-corrected chi connectivity index (χ4v) is 16.3. The van der Waals surface area contributed by atoms with Crippen LogP contribution in [0.25, 0.3) is 0 Å². The third-order valence-electron chi connectivity index (χ3n) is 20.2. The molecule has 8 rings (SSSR count). The number of carboxylic acid groups (broad SMARTS) is 1. The van der Waals surface area contributed by atoms with Crippen LogP contribution in [0.3, 0.4) is 0 Å². The zero-order valence-corrected chi connectivity index (χ0v) is 36.0. The molecule has 1 aliphatic heterocycles. The second-order valence-electron chi connectivity index (χ2n) is 22.8. The highest BCUT2D eigenvalue weighted by molar-refractivity contribution is 5.84. The Hall–Kier alpha value is -1.67. The van der Waals surface area contributed by atoms with Gasteiger partial charge < -0.3 is 24.2 Å². The summed E-state index contributed by atoms with van der Waals surface area (Å²) in [5.41, 5.74) is 0.00974. The van der Waals surface area contributed by atoms with Gasteiger partial charge in [0.15, 0.2) is 0 Å². The topological polar surface area (TPSA) is 102 Å². The van der Waals surface area contributed by atoms with E-state index in [1.807, 2.05) is 13.8 Å². The maximum atomic E-state index is 15.1. The van der Waals surface area contributed by atoms with Crippen molar-refractivity contribution in [1.29, 1.82) is 0 Å². The lowest BCUT2D eigenvalue weighted by molar-refractivity contribution is -0.253. The van der Waals surface area contributed by atoms with Gasteiger partial charge in [-0.1, -0.05) is 55.4 Å². The zero-order chi connectivity index (χ0) is 39.6. The molecule has 1 N–H and O–H groups in total. The molecule has 55 heavy (non-hydrogen) atoms. The second kappa shape index (κ2) is 13.4. The van der Waals surface area contributed by atoms with E-state index < -0.39 is 17.3 Å². The van der Waals surface area contributed by atoms with Crippen LogP contribution in [0.1, 0.15) is 152 Å². The SMILES string of the molecule is COCCOC1CCN(C(=O)[C@]23CC[C@@H](C4(C)CC4)[C@@H]2[C@H]2CC[C@@H]4[C@@]5(C)CC[C@H](OC(=O)[C@H]6C[C@@H](C(=O)O)C6(C)C)C(C)(C)[C@@H]5CC[C@@]4(C)[C@]2(C)CC3)CC1. The highest BCUT2D eigenvalue weighted by Crippen LogP contribution is 2.79. The van der Waals surface area contributed by atoms with Crippen molar-refractivity contribution in [2.24, 2.45) is 79.3 Å². The number of aliphatic carboxylic acids is 1. The maximum absolute atomic E-state index is 15.1. The number of rotatable bonds is 9. The Bertz CT molecular complexity index is 1530. The summed E-state index contributed by atoms with van der Waals surface area (Å²) in [5, 5.41) is 9.68. The van der Waals surface area contributed by atoms with Gasteiger partial charge >= 0.3 is 11.9 Å². The minimum Gasteiger partial charge on any atom is -0.481 e. The van der Waals surface area contributed by atoms with Gasteiger partial charge in [0.25, 0.3) is 0 Å². The summed E-state index contributed by atoms with van der Waals surface area (Å²) in [4.78, 5) is 42.9. The van der Waals surface area contributed by atoms with Crippen LogP contribution in [-0.4, -0.2) is 73.5 Å². The van der Waals surface area contributed by atoms with Crippen LogP contribution in [0.15, 0.2) is 0 Å². The molecule has 0 aromatic heterocycles. The number of nitrogens with zero attached hydrogens (tertiary/aromatic N) is 1. The van der Waals surface area contributed by atoms with Crippen LogP contribution in [0, 0.1) is 79.3 Å². The first-order valence-electron chi connectivity index (χ1n) is 22.6. The number of esters is 1. The molecule has 8 fully saturated rings. The van der Waals surface area contributed by atoms with Crippen molar-refractivity contribution in [2.45, 2.75) is 164 Å². The molecule has 7 saturated carbocycles. The largest absolute Gasteiger partial charge is 0.481 e. The minimum atomic E-state index is -0.808. The molecule has 0 unspecified atom stereocenters. The van der Waals surface area contributed by atoms with Gasteiger partial charge in [0.1, 0.15) is 6.10 Å². The molecule has 1 amide bonds. The van der Waals surface area contributed by atoms with Gasteiger partial charge in [0.2, 0.25) is 5.91 Å². The Kier molecular flexibility index (Phi) is 9.80. The highest BCUT2D eigenvalue weighted by Gasteiger charge is 2.74. The van der Waals surface area contributed by atoms with Gasteiger partial charge in [-0.25, -0.2) is 0 Å². The summed E-state index contributed by atoms with van der Waals surface area (Å²) in [6, 6.07) is 0. The zero-order valence-electron chi connectivity index (χ0n) is 36.0. The number of likely N-dealkylation sites (tertiary alicyclic amines) is 1. The molecule has 0 spiro atoms. The molecule has 0 aromatic carbocycles. The monoisotopic (exact) mass is 766 g/mol. The molecular formula is C47H75NO7. The van der Waals surface area contributed by atoms with E-state index in [9.17, 15) is 14.7 Å². The van der Waals surface area contributed by atoms with E-state index in [2.05, 4.69) is 46.4 Å². The lowest BCUT2D eigenvalue weighted by Crippen LogP contribution is -2.68. The van der Waals surface area contributed by atoms with Crippen LogP contribution in [0.2, 0.25) is 0 Å². The first-order valence-corrected chi connectivity index (χ1v) is 22.6. The number of carbonyl (C=O) groups excluding carboxylic acids is 2. The summed E-state index contributed by atoms with van der Waals surface area (Å²) < 4.78 is 17.8. The molecule has 310 valence electrons. The third kappa shape index (κ3) is 5.79. The van der Waals surface area contributed by atoms with E-state index >= 15 is 4.79 Å². The smallest absolute Gasteiger partial charge is 0.309 e. The van der Waals surface area contributed by atoms with Crippen molar-refractivity contribution in [3.8, 4) is 0 Å². The van der Waals surface area contributed by atoms with E-state index in [4.69, 9.17) is 14.2 Å². The van der Waals surface area contributed by atoms with Crippen LogP contribution in [-0.2, 0) is 28.6 Å². The molecule has 8 heteroatoms. The molecule has 8 nitrogen and oxygen atoms in total. The Labute approximate surface area is 332 Å². The summed E-state index contributed by atoms with van der Waals surface area (Å²) >= 11 is 0. The number of piperidine rings is 1. The Balaban J connectivity index is 1.02. The van der Waals surface area contributed by atoms with E-state index in [1.165, 1.54) is 38.5 Å². The molecule has 1 heterocycles. The quantitative estimate of drug-likeness (QED) is 0.185. The van der Waals surface area contributed by atoms with Crippen molar-refractivity contribution in [3.05, 3.63) is 0 Å². The Morgan fingerprint density at radius 1 is 0.673 bits per heavy atom. The minimum absolute atomic E-state index is 0.143. The molecule has 1 saturated heterocycles. The fourth-order valence-electron chi connectivity index (χ4n) is 16.3. The molecule has 7 aliphatic carbocycles. The predicted octanol–water partition coefficient (Wildman–Crippen LogP) is 9.18. The van der Waals surface area contributed by atoms with Crippen molar-refractivity contribution < 1.29 is 33.7 Å². The number of methoxy groups -OCH3 is 1. The molecule has 12 atom stereocenters. The molecule has 0 aromatic rings. The number of amides is 1. The second-order valence-corrected chi connectivity index (χ2v) is 22.8. The first-order chi connectivity index (χ1) is 25.8. The lowest BCUT2D eigenvalue weighted by atomic mass is 9.32. The molecule has 0 radical (unpaired) electrons. The Morgan fingerprint density at radius 2 is 1.38 bits per heavy atom. The average Bonchev–Trinajstić information content (AvgIpc) is 3.74. The lowest BCUT2D eigenvalue weighted by Gasteiger charge is -2.73. The predicted molar refractivity (Wildman–Crippen MR) is 212 cm³/mol. The normalized spacial score (nSPS) is 46.6. The van der Waals surface area contributed by atoms with Crippen molar-refractivity contribution in [2.75, 3.05) is 33.4 Å². The third-order valence-corrected chi connectivity index (χ3v) is 20.2. The standard InChI is InChI=1S/C47H75NO7/c1-41(2)32(38(49)50)28-33(41)39(51)55-36-14-17-44(6)34(42(36,3)4)13-18-46(8)35(44)11-10-31-37-30(43(5)20-21-43)12-19-47(37,23-22-45(31,46)7)40(52)48-24-15-29(16-25-48)54-27-26-53-9/h29-37H,10-28H2,1-9H3,(H,49,50)/t30-,31-,32+,33-,34+,35-,36+,37-,44+,45-,46-,47+/m1/s1. The number of hydrogen-bond donors (Lipinski definition) is 1. The number of ether oxygens (including phenoxy) is 3. The van der Waals surface area contributed by atoms with Gasteiger partial charge in [-0.2, -0.15) is 0 Å². The van der Waals surface area contributed by atoms with Gasteiger partial charge in [-0.15, -0.1) is 0 Å². The van der Waals surface area contributed by atoms with Crippen LogP contribution >= 0.6 is 0 Å². The molecular weight excluding hydrogens is 691 g/mol. The van der Waals surface area contributed by atoms with Gasteiger partial charge in [-0.05, 0) is 153 Å². The van der Waals surface area contributed by atoms with Crippen LogP contribution in [0.4, 0.5) is 0 Å². The van der Waals surface area contributed by atoms with E-state index in [-0.39, 0.29) is 51.2 Å². The van der Waals surface area contributed by atoms with E-state index in [0.717, 1.165) is 64.5 Å². The van der Waals surface area contributed by atoms with Crippen LogP contribution < -0.4 is 0 Å². The molecule has 0 bridgehead atoms. The van der Waals surface area contributed by atoms with Gasteiger partial charge in [-0.3, -0.25) is 14.4 Å². The Morgan fingerprint density at radius 3 is 2.02 bits per heavy atom. The van der Waals surface area contributed by atoms with E-state index in [0.29, 0.717) is 60.5 Å². The van der Waals surface area contributed by atoms with Crippen molar-refractivity contribution >= 4 is 17.8 Å². The number of carbonyl (C=O) groups is 3. The van der Waals surface area contributed by atoms with Crippen molar-refractivity contribution in [3.63, 3.8) is 0 Å². The summed E-state index contributed by atoms with van der Waals surface area (Å²) in [7, 11) is 1.72. The fraction of sp³-hybridized carbons (Fsp3) is 0.936. The first kappa shape index (κ1) is 40.1. The van der Waals surface area contributed by atoms with Crippen molar-refractivity contribution in [1.82, 2.24) is 4.90 Å². The molecule has 8 aliphatic rings. The summed E-state index contributed by atoms with van der Waals surface area (Å²) in [6.07, 6.45) is 16.3. The highest BCUT2D eigenvalue weighted by atomic mass is 16.5. The summed E-state index contributed by atoms with van der Waals surface area (Å²) in [6.45, 7) is 22.0. The van der Waals surface area contributed by atoms with Gasteiger partial charge in [0, 0.05) is 25.6 Å². The average molecular weight is 766 g/mol. The number of carboxylic acids is 1.